The molecule has 0 spiro atoms. The number of thiophene rings is 1. The van der Waals surface area contributed by atoms with Gasteiger partial charge in [-0.1, -0.05) is 6.07 Å². The van der Waals surface area contributed by atoms with Crippen molar-refractivity contribution in [3.8, 4) is 0 Å². The number of rotatable bonds is 4. The fourth-order valence-corrected chi connectivity index (χ4v) is 1.78. The molecule has 0 atom stereocenters. The minimum atomic E-state index is -4.48. The number of halogens is 3. The number of hydrogen-bond donors (Lipinski definition) is 0. The molecule has 1 rings (SSSR count). The summed E-state index contributed by atoms with van der Waals surface area (Å²) in [6.07, 6.45) is -4.83. The number of likely N-dealkylation sites (N-methyl/N-ethyl adjacent to an activating group) is 1. The first-order chi connectivity index (χ1) is 7.88. The Labute approximate surface area is 101 Å². The van der Waals surface area contributed by atoms with Gasteiger partial charge in [0.1, 0.15) is 0 Å². The molecule has 0 saturated carbocycles. The van der Waals surface area contributed by atoms with Gasteiger partial charge < -0.3 is 9.64 Å². The van der Waals surface area contributed by atoms with Crippen LogP contribution in [0.15, 0.2) is 17.5 Å². The maximum atomic E-state index is 11.8. The van der Waals surface area contributed by atoms with Gasteiger partial charge >= 0.3 is 12.3 Å². The Morgan fingerprint density at radius 3 is 2.76 bits per heavy atom. The summed E-state index contributed by atoms with van der Waals surface area (Å²) in [5.41, 5.74) is 0. The normalized spacial score (nSPS) is 11.3. The number of hydrogen-bond acceptors (Lipinski definition) is 3. The second kappa shape index (κ2) is 5.90. The summed E-state index contributed by atoms with van der Waals surface area (Å²) in [5, 5.41) is 1.90. The quantitative estimate of drug-likeness (QED) is 0.839. The molecule has 17 heavy (non-hydrogen) atoms. The maximum Gasteiger partial charge on any atom is 0.422 e. The van der Waals surface area contributed by atoms with E-state index in [2.05, 4.69) is 4.74 Å². The van der Waals surface area contributed by atoms with Crippen molar-refractivity contribution in [2.24, 2.45) is 0 Å². The smallest absolute Gasteiger partial charge is 0.422 e. The summed E-state index contributed by atoms with van der Waals surface area (Å²) in [4.78, 5) is 13.4. The van der Waals surface area contributed by atoms with Crippen molar-refractivity contribution < 1.29 is 22.7 Å². The molecular formula is C10H12F3NO2S. The molecular weight excluding hydrogens is 255 g/mol. The molecule has 0 aliphatic carbocycles. The van der Waals surface area contributed by atoms with Crippen molar-refractivity contribution in [2.75, 3.05) is 20.2 Å². The predicted octanol–water partition coefficient (Wildman–Crippen LogP) is 2.92. The minimum Gasteiger partial charge on any atom is -0.440 e. The first kappa shape index (κ1) is 13.8. The van der Waals surface area contributed by atoms with Gasteiger partial charge in [0.15, 0.2) is 6.61 Å². The van der Waals surface area contributed by atoms with Crippen LogP contribution in [0, 0.1) is 0 Å². The third-order valence-electron chi connectivity index (χ3n) is 1.94. The van der Waals surface area contributed by atoms with Crippen molar-refractivity contribution in [1.29, 1.82) is 0 Å². The first-order valence-corrected chi connectivity index (χ1v) is 5.73. The Bertz CT molecular complexity index is 351. The van der Waals surface area contributed by atoms with Crippen molar-refractivity contribution in [2.45, 2.75) is 12.6 Å². The van der Waals surface area contributed by atoms with E-state index in [0.717, 1.165) is 9.78 Å². The second-order valence-electron chi connectivity index (χ2n) is 3.42. The Kier molecular flexibility index (Phi) is 4.80. The van der Waals surface area contributed by atoms with E-state index in [4.69, 9.17) is 0 Å². The molecule has 7 heteroatoms. The highest BCUT2D eigenvalue weighted by Gasteiger charge is 2.30. The molecule has 0 radical (unpaired) electrons. The largest absolute Gasteiger partial charge is 0.440 e. The molecule has 3 nitrogen and oxygen atoms in total. The monoisotopic (exact) mass is 267 g/mol. The van der Waals surface area contributed by atoms with Crippen LogP contribution in [0.5, 0.6) is 0 Å². The number of carbonyl (C=O) groups excluding carboxylic acids is 1. The highest BCUT2D eigenvalue weighted by Crippen LogP contribution is 2.15. The second-order valence-corrected chi connectivity index (χ2v) is 4.45. The molecule has 0 N–H and O–H groups in total. The van der Waals surface area contributed by atoms with E-state index in [0.29, 0.717) is 13.0 Å². The Morgan fingerprint density at radius 1 is 1.53 bits per heavy atom. The van der Waals surface area contributed by atoms with Gasteiger partial charge in [-0.2, -0.15) is 13.2 Å². The van der Waals surface area contributed by atoms with Crippen LogP contribution in [-0.4, -0.2) is 37.4 Å². The summed E-state index contributed by atoms with van der Waals surface area (Å²) in [7, 11) is 1.41. The molecule has 1 amide bonds. The van der Waals surface area contributed by atoms with Crippen LogP contribution in [0.1, 0.15) is 4.88 Å². The number of carbonyl (C=O) groups is 1. The third kappa shape index (κ3) is 5.58. The maximum absolute atomic E-state index is 11.8. The lowest BCUT2D eigenvalue weighted by atomic mass is 10.3. The van der Waals surface area contributed by atoms with Gasteiger partial charge in [0.2, 0.25) is 0 Å². The molecule has 0 aliphatic rings. The van der Waals surface area contributed by atoms with E-state index in [1.165, 1.54) is 18.4 Å². The molecule has 0 fully saturated rings. The standard InChI is InChI=1S/C10H12F3NO2S/c1-14(5-4-8-3-2-6-17-8)9(15)16-7-10(11,12)13/h2-3,6H,4-5,7H2,1H3. The van der Waals surface area contributed by atoms with Crippen molar-refractivity contribution >= 4 is 17.4 Å². The van der Waals surface area contributed by atoms with Crippen LogP contribution >= 0.6 is 11.3 Å². The van der Waals surface area contributed by atoms with Crippen LogP contribution < -0.4 is 0 Å². The molecule has 1 aromatic heterocycles. The summed E-state index contributed by atoms with van der Waals surface area (Å²) in [6, 6.07) is 3.78. The summed E-state index contributed by atoms with van der Waals surface area (Å²) >= 11 is 1.54. The third-order valence-corrected chi connectivity index (χ3v) is 2.88. The lowest BCUT2D eigenvalue weighted by Gasteiger charge is -2.17. The number of amides is 1. The Balaban J connectivity index is 2.27. The Hall–Kier alpha value is -1.24. The average Bonchev–Trinajstić information content (AvgIpc) is 2.74. The van der Waals surface area contributed by atoms with E-state index < -0.39 is 18.9 Å². The van der Waals surface area contributed by atoms with Crippen LogP contribution in [0.4, 0.5) is 18.0 Å². The van der Waals surface area contributed by atoms with Gasteiger partial charge in [-0.25, -0.2) is 4.79 Å². The average molecular weight is 267 g/mol. The lowest BCUT2D eigenvalue weighted by molar-refractivity contribution is -0.162. The molecule has 1 heterocycles. The molecule has 0 aliphatic heterocycles. The van der Waals surface area contributed by atoms with Crippen LogP contribution in [0.25, 0.3) is 0 Å². The highest BCUT2D eigenvalue weighted by atomic mass is 32.1. The fraction of sp³-hybridized carbons (Fsp3) is 0.500. The molecule has 96 valence electrons. The van der Waals surface area contributed by atoms with Gasteiger partial charge in [-0.05, 0) is 17.9 Å². The summed E-state index contributed by atoms with van der Waals surface area (Å²) in [5.74, 6) is 0. The fourth-order valence-electron chi connectivity index (χ4n) is 1.08. The Morgan fingerprint density at radius 2 is 2.24 bits per heavy atom. The zero-order valence-corrected chi connectivity index (χ0v) is 9.98. The van der Waals surface area contributed by atoms with Gasteiger partial charge in [0.05, 0.1) is 0 Å². The van der Waals surface area contributed by atoms with Gasteiger partial charge in [-0.15, -0.1) is 11.3 Å². The van der Waals surface area contributed by atoms with E-state index in [1.807, 2.05) is 17.5 Å². The zero-order valence-electron chi connectivity index (χ0n) is 9.16. The number of alkyl halides is 3. The highest BCUT2D eigenvalue weighted by molar-refractivity contribution is 7.09. The van der Waals surface area contributed by atoms with Gasteiger partial charge in [-0.3, -0.25) is 0 Å². The number of ether oxygens (including phenoxy) is 1. The van der Waals surface area contributed by atoms with Crippen molar-refractivity contribution in [3.63, 3.8) is 0 Å². The molecule has 0 aromatic carbocycles. The van der Waals surface area contributed by atoms with E-state index >= 15 is 0 Å². The van der Waals surface area contributed by atoms with Gasteiger partial charge in [0, 0.05) is 18.5 Å². The van der Waals surface area contributed by atoms with Gasteiger partial charge in [0.25, 0.3) is 0 Å². The zero-order chi connectivity index (χ0) is 12.9. The van der Waals surface area contributed by atoms with Crippen molar-refractivity contribution in [3.05, 3.63) is 22.4 Å². The topological polar surface area (TPSA) is 29.5 Å². The number of nitrogens with zero attached hydrogens (tertiary/aromatic N) is 1. The summed E-state index contributed by atoms with van der Waals surface area (Å²) in [6.45, 7) is -1.22. The minimum absolute atomic E-state index is 0.331. The van der Waals surface area contributed by atoms with Crippen LogP contribution in [0.3, 0.4) is 0 Å². The molecule has 0 bridgehead atoms. The van der Waals surface area contributed by atoms with Crippen LogP contribution in [-0.2, 0) is 11.2 Å². The van der Waals surface area contributed by atoms with E-state index in [1.54, 1.807) is 0 Å². The predicted molar refractivity (Wildman–Crippen MR) is 58.1 cm³/mol. The van der Waals surface area contributed by atoms with Crippen molar-refractivity contribution in [1.82, 2.24) is 4.90 Å². The van der Waals surface area contributed by atoms with E-state index in [-0.39, 0.29) is 0 Å². The van der Waals surface area contributed by atoms with E-state index in [9.17, 15) is 18.0 Å². The van der Waals surface area contributed by atoms with Crippen LogP contribution in [0.2, 0.25) is 0 Å². The molecule has 0 unspecified atom stereocenters. The SMILES string of the molecule is CN(CCc1cccs1)C(=O)OCC(F)(F)F. The molecule has 1 aromatic rings. The lowest BCUT2D eigenvalue weighted by Crippen LogP contribution is -2.32. The first-order valence-electron chi connectivity index (χ1n) is 4.85. The summed E-state index contributed by atoms with van der Waals surface area (Å²) < 4.78 is 39.5. The molecule has 0 saturated heterocycles.